The SMILES string of the molecule is CCCCCCCC/C=C\CCCCCCCCCCCCCC(=O)NC(CO)[C@H](O)/C=C/CCCCCCCCCCCCC. The van der Waals surface area contributed by atoms with Crippen molar-refractivity contribution in [1.29, 1.82) is 0 Å². The monoisotopic (exact) mass is 648 g/mol. The molecule has 0 rings (SSSR count). The fourth-order valence-electron chi connectivity index (χ4n) is 6.23. The summed E-state index contributed by atoms with van der Waals surface area (Å²) in [4.78, 5) is 12.3. The average molecular weight is 648 g/mol. The third-order valence-electron chi connectivity index (χ3n) is 9.43. The molecule has 0 bridgehead atoms. The molecule has 0 aliphatic heterocycles. The van der Waals surface area contributed by atoms with Gasteiger partial charge in [0.2, 0.25) is 5.91 Å². The third kappa shape index (κ3) is 34.2. The van der Waals surface area contributed by atoms with Crippen molar-refractivity contribution >= 4 is 5.91 Å². The van der Waals surface area contributed by atoms with Gasteiger partial charge < -0.3 is 15.5 Å². The van der Waals surface area contributed by atoms with Crippen LogP contribution in [-0.2, 0) is 4.79 Å². The molecule has 1 amide bonds. The van der Waals surface area contributed by atoms with Gasteiger partial charge in [0.1, 0.15) is 0 Å². The minimum atomic E-state index is -0.835. The van der Waals surface area contributed by atoms with E-state index < -0.39 is 12.1 Å². The van der Waals surface area contributed by atoms with Gasteiger partial charge in [0.15, 0.2) is 0 Å². The highest BCUT2D eigenvalue weighted by Gasteiger charge is 2.17. The zero-order valence-electron chi connectivity index (χ0n) is 31.1. The van der Waals surface area contributed by atoms with E-state index in [1.54, 1.807) is 6.08 Å². The summed E-state index contributed by atoms with van der Waals surface area (Å²) < 4.78 is 0. The second-order valence-corrected chi connectivity index (χ2v) is 14.1. The van der Waals surface area contributed by atoms with Crippen LogP contribution in [-0.4, -0.2) is 34.9 Å². The smallest absolute Gasteiger partial charge is 0.220 e. The maximum absolute atomic E-state index is 12.3. The first-order valence-electron chi connectivity index (χ1n) is 20.6. The van der Waals surface area contributed by atoms with Crippen LogP contribution in [0, 0.1) is 0 Å². The number of allylic oxidation sites excluding steroid dienone is 3. The minimum absolute atomic E-state index is 0.0647. The van der Waals surface area contributed by atoms with Gasteiger partial charge in [0.25, 0.3) is 0 Å². The fraction of sp³-hybridized carbons (Fsp3) is 0.881. The topological polar surface area (TPSA) is 69.6 Å². The number of hydrogen-bond donors (Lipinski definition) is 3. The molecule has 0 aliphatic carbocycles. The average Bonchev–Trinajstić information content (AvgIpc) is 3.06. The fourth-order valence-corrected chi connectivity index (χ4v) is 6.23. The predicted molar refractivity (Wildman–Crippen MR) is 202 cm³/mol. The number of aliphatic hydroxyl groups is 2. The summed E-state index contributed by atoms with van der Waals surface area (Å²) >= 11 is 0. The first-order chi connectivity index (χ1) is 22.7. The zero-order valence-corrected chi connectivity index (χ0v) is 31.1. The Morgan fingerprint density at radius 2 is 0.826 bits per heavy atom. The van der Waals surface area contributed by atoms with Gasteiger partial charge in [0, 0.05) is 6.42 Å². The molecule has 0 saturated heterocycles. The van der Waals surface area contributed by atoms with E-state index in [9.17, 15) is 15.0 Å². The van der Waals surface area contributed by atoms with Crippen LogP contribution in [0.4, 0.5) is 0 Å². The second-order valence-electron chi connectivity index (χ2n) is 14.1. The Balaban J connectivity index is 3.55. The van der Waals surface area contributed by atoms with Crippen molar-refractivity contribution in [3.63, 3.8) is 0 Å². The van der Waals surface area contributed by atoms with Crippen LogP contribution >= 0.6 is 0 Å². The lowest BCUT2D eigenvalue weighted by Gasteiger charge is -2.20. The lowest BCUT2D eigenvalue weighted by molar-refractivity contribution is -0.123. The van der Waals surface area contributed by atoms with E-state index in [4.69, 9.17) is 0 Å². The second kappa shape index (κ2) is 38.3. The van der Waals surface area contributed by atoms with Gasteiger partial charge in [-0.15, -0.1) is 0 Å². The number of rotatable bonds is 37. The van der Waals surface area contributed by atoms with Crippen molar-refractivity contribution in [2.24, 2.45) is 0 Å². The van der Waals surface area contributed by atoms with Crippen molar-refractivity contribution < 1.29 is 15.0 Å². The van der Waals surface area contributed by atoms with Gasteiger partial charge in [-0.25, -0.2) is 0 Å². The van der Waals surface area contributed by atoms with Crippen LogP contribution < -0.4 is 5.32 Å². The standard InChI is InChI=1S/C42H81NO3/c1-3-5-7-9-11-13-15-17-18-19-20-21-22-23-24-26-28-30-32-34-36-38-42(46)43-40(39-44)41(45)37-35-33-31-29-27-25-16-14-12-10-8-6-4-2/h17-18,35,37,40-41,44-45H,3-16,19-34,36,38-39H2,1-2H3,(H,43,46)/b18-17-,37-35+/t40?,41-/m1/s1. The van der Waals surface area contributed by atoms with Crippen LogP contribution in [0.5, 0.6) is 0 Å². The third-order valence-corrected chi connectivity index (χ3v) is 9.43. The van der Waals surface area contributed by atoms with Gasteiger partial charge in [0.05, 0.1) is 18.8 Å². The molecule has 0 aliphatic rings. The van der Waals surface area contributed by atoms with Crippen molar-refractivity contribution in [2.45, 2.75) is 231 Å². The van der Waals surface area contributed by atoms with E-state index in [2.05, 4.69) is 31.3 Å². The first-order valence-corrected chi connectivity index (χ1v) is 20.6. The van der Waals surface area contributed by atoms with Crippen molar-refractivity contribution in [2.75, 3.05) is 6.61 Å². The van der Waals surface area contributed by atoms with Gasteiger partial charge in [-0.2, -0.15) is 0 Å². The number of carbonyl (C=O) groups is 1. The number of carbonyl (C=O) groups excluding carboxylic acids is 1. The number of hydrogen-bond acceptors (Lipinski definition) is 3. The van der Waals surface area contributed by atoms with Crippen LogP contribution in [0.15, 0.2) is 24.3 Å². The Morgan fingerprint density at radius 1 is 0.500 bits per heavy atom. The number of nitrogens with one attached hydrogen (secondary N) is 1. The Bertz CT molecular complexity index is 661. The van der Waals surface area contributed by atoms with Crippen LogP contribution in [0.2, 0.25) is 0 Å². The quantitative estimate of drug-likeness (QED) is 0.0464. The van der Waals surface area contributed by atoms with E-state index in [0.29, 0.717) is 6.42 Å². The van der Waals surface area contributed by atoms with E-state index in [0.717, 1.165) is 25.7 Å². The molecule has 3 N–H and O–H groups in total. The summed E-state index contributed by atoms with van der Waals surface area (Å²) in [5.41, 5.74) is 0. The van der Waals surface area contributed by atoms with Gasteiger partial charge in [-0.1, -0.05) is 192 Å². The molecular formula is C42H81NO3. The molecule has 0 saturated carbocycles. The highest BCUT2D eigenvalue weighted by atomic mass is 16.3. The molecule has 2 atom stereocenters. The maximum Gasteiger partial charge on any atom is 0.220 e. The highest BCUT2D eigenvalue weighted by molar-refractivity contribution is 5.76. The molecule has 0 aromatic rings. The molecule has 0 aromatic carbocycles. The lowest BCUT2D eigenvalue weighted by Crippen LogP contribution is -2.45. The van der Waals surface area contributed by atoms with E-state index in [1.807, 2.05) is 6.08 Å². The molecule has 4 nitrogen and oxygen atoms in total. The summed E-state index contributed by atoms with van der Waals surface area (Å²) in [5.74, 6) is -0.0647. The van der Waals surface area contributed by atoms with Crippen LogP contribution in [0.25, 0.3) is 0 Å². The summed E-state index contributed by atoms with van der Waals surface area (Å²) in [6.45, 7) is 4.30. The summed E-state index contributed by atoms with van der Waals surface area (Å²) in [6, 6.07) is -0.618. The van der Waals surface area contributed by atoms with Gasteiger partial charge in [-0.3, -0.25) is 4.79 Å². The van der Waals surface area contributed by atoms with Gasteiger partial charge >= 0.3 is 0 Å². The Morgan fingerprint density at radius 3 is 1.20 bits per heavy atom. The summed E-state index contributed by atoms with van der Waals surface area (Å²) in [7, 11) is 0. The normalized spacial score (nSPS) is 13.2. The molecule has 0 aromatic heterocycles. The molecular weight excluding hydrogens is 566 g/mol. The van der Waals surface area contributed by atoms with Crippen LogP contribution in [0.3, 0.4) is 0 Å². The molecule has 4 heteroatoms. The largest absolute Gasteiger partial charge is 0.394 e. The molecule has 272 valence electrons. The minimum Gasteiger partial charge on any atom is -0.394 e. The molecule has 0 radical (unpaired) electrons. The molecule has 46 heavy (non-hydrogen) atoms. The Kier molecular flexibility index (Phi) is 37.4. The van der Waals surface area contributed by atoms with Crippen LogP contribution in [0.1, 0.15) is 219 Å². The first kappa shape index (κ1) is 44.9. The summed E-state index contributed by atoms with van der Waals surface area (Å²) in [5, 5.41) is 22.9. The van der Waals surface area contributed by atoms with E-state index in [-0.39, 0.29) is 12.5 Å². The Labute approximate surface area is 288 Å². The van der Waals surface area contributed by atoms with Crippen molar-refractivity contribution in [3.8, 4) is 0 Å². The number of aliphatic hydroxyl groups excluding tert-OH is 2. The summed E-state index contributed by atoms with van der Waals surface area (Å²) in [6.07, 6.45) is 48.4. The molecule has 1 unspecified atom stereocenters. The predicted octanol–water partition coefficient (Wildman–Crippen LogP) is 12.5. The van der Waals surface area contributed by atoms with E-state index in [1.165, 1.54) is 173 Å². The number of unbranched alkanes of at least 4 members (excludes halogenated alkanes) is 28. The molecule has 0 fully saturated rings. The van der Waals surface area contributed by atoms with Crippen molar-refractivity contribution in [3.05, 3.63) is 24.3 Å². The molecule has 0 spiro atoms. The van der Waals surface area contributed by atoms with Gasteiger partial charge in [-0.05, 0) is 44.9 Å². The highest BCUT2D eigenvalue weighted by Crippen LogP contribution is 2.14. The lowest BCUT2D eigenvalue weighted by atomic mass is 10.0. The molecule has 0 heterocycles. The number of amides is 1. The van der Waals surface area contributed by atoms with E-state index >= 15 is 0 Å². The zero-order chi connectivity index (χ0) is 33.6. The maximum atomic E-state index is 12.3. The van der Waals surface area contributed by atoms with Crippen molar-refractivity contribution in [1.82, 2.24) is 5.32 Å². The Hall–Kier alpha value is -1.13.